The molecule has 2 aromatic carbocycles. The van der Waals surface area contributed by atoms with Gasteiger partial charge < -0.3 is 10.1 Å². The fourth-order valence-corrected chi connectivity index (χ4v) is 2.88. The second kappa shape index (κ2) is 7.98. The highest BCUT2D eigenvalue weighted by Gasteiger charge is 2.11. The van der Waals surface area contributed by atoms with Gasteiger partial charge in [0.15, 0.2) is 0 Å². The number of hydrogen-bond acceptors (Lipinski definition) is 3. The summed E-state index contributed by atoms with van der Waals surface area (Å²) in [5.74, 6) is 0.529. The van der Waals surface area contributed by atoms with Crippen LogP contribution in [0.4, 0.5) is 0 Å². The monoisotopic (exact) mass is 399 g/mol. The normalized spacial score (nSPS) is 10.5. The number of rotatable bonds is 6. The summed E-state index contributed by atoms with van der Waals surface area (Å²) in [7, 11) is 1.58. The Hall–Kier alpha value is -2.60. The van der Waals surface area contributed by atoms with E-state index >= 15 is 0 Å². The average Bonchev–Trinajstić information content (AvgIpc) is 3.17. The molecule has 0 aliphatic heterocycles. The lowest BCUT2D eigenvalue weighted by Crippen LogP contribution is -2.26. The molecule has 1 heterocycles. The van der Waals surface area contributed by atoms with E-state index in [0.717, 1.165) is 22.1 Å². The quantitative estimate of drug-likeness (QED) is 0.688. The molecule has 0 spiro atoms. The molecule has 0 fully saturated rings. The van der Waals surface area contributed by atoms with E-state index in [-0.39, 0.29) is 5.91 Å². The van der Waals surface area contributed by atoms with Crippen molar-refractivity contribution in [2.75, 3.05) is 13.7 Å². The highest BCUT2D eigenvalue weighted by molar-refractivity contribution is 9.10. The Balaban J connectivity index is 1.57. The second-order valence-corrected chi connectivity index (χ2v) is 6.32. The first-order valence-electron chi connectivity index (χ1n) is 7.88. The average molecular weight is 400 g/mol. The number of benzene rings is 2. The third-order valence-corrected chi connectivity index (χ3v) is 4.51. The Morgan fingerprint density at radius 2 is 2.04 bits per heavy atom. The van der Waals surface area contributed by atoms with Gasteiger partial charge in [0.25, 0.3) is 5.91 Å². The van der Waals surface area contributed by atoms with Crippen LogP contribution in [0.25, 0.3) is 5.69 Å². The predicted octanol–water partition coefficient (Wildman–Crippen LogP) is 3.62. The number of aromatic nitrogens is 2. The molecular formula is C19H18BrN3O2. The summed E-state index contributed by atoms with van der Waals surface area (Å²) in [4.78, 5) is 12.3. The summed E-state index contributed by atoms with van der Waals surface area (Å²) in [6.45, 7) is 0.559. The number of nitrogens with zero attached hydrogens (tertiary/aromatic N) is 2. The molecule has 6 heteroatoms. The van der Waals surface area contributed by atoms with E-state index in [9.17, 15) is 4.79 Å². The maximum Gasteiger partial charge on any atom is 0.252 e. The fourth-order valence-electron chi connectivity index (χ4n) is 2.46. The van der Waals surface area contributed by atoms with Crippen LogP contribution in [0.2, 0.25) is 0 Å². The lowest BCUT2D eigenvalue weighted by Gasteiger charge is -2.09. The van der Waals surface area contributed by atoms with E-state index in [1.807, 2.05) is 53.3 Å². The molecule has 1 amide bonds. The van der Waals surface area contributed by atoms with Gasteiger partial charge in [0.1, 0.15) is 5.75 Å². The number of ether oxygens (including phenoxy) is 1. The van der Waals surface area contributed by atoms with Crippen molar-refractivity contribution in [1.29, 1.82) is 0 Å². The summed E-state index contributed by atoms with van der Waals surface area (Å²) in [5.41, 5.74) is 2.73. The van der Waals surface area contributed by atoms with Crippen LogP contribution in [0.5, 0.6) is 5.75 Å². The molecule has 0 atom stereocenters. The maximum absolute atomic E-state index is 12.3. The summed E-state index contributed by atoms with van der Waals surface area (Å²) in [6, 6.07) is 15.4. The van der Waals surface area contributed by atoms with E-state index < -0.39 is 0 Å². The molecule has 5 nitrogen and oxygen atoms in total. The first kappa shape index (κ1) is 17.2. The summed E-state index contributed by atoms with van der Waals surface area (Å²) in [5, 5.41) is 7.14. The molecule has 0 aliphatic rings. The SMILES string of the molecule is COc1ccc(Br)c(C(=O)NCCc2ccc(-n3cccn3)cc2)c1. The standard InChI is InChI=1S/C19H18BrN3O2/c1-25-16-7-8-18(20)17(13-16)19(24)21-11-9-14-3-5-15(6-4-14)23-12-2-10-22-23/h2-8,10,12-13H,9,11H2,1H3,(H,21,24). The summed E-state index contributed by atoms with van der Waals surface area (Å²) < 4.78 is 7.72. The molecule has 0 unspecified atom stereocenters. The minimum Gasteiger partial charge on any atom is -0.497 e. The van der Waals surface area contributed by atoms with Crippen LogP contribution in [0, 0.1) is 0 Å². The van der Waals surface area contributed by atoms with Crippen molar-refractivity contribution in [3.63, 3.8) is 0 Å². The van der Waals surface area contributed by atoms with E-state index in [4.69, 9.17) is 4.74 Å². The number of nitrogens with one attached hydrogen (secondary N) is 1. The van der Waals surface area contributed by atoms with Gasteiger partial charge in [0, 0.05) is 23.4 Å². The smallest absolute Gasteiger partial charge is 0.252 e. The molecule has 128 valence electrons. The number of hydrogen-bond donors (Lipinski definition) is 1. The van der Waals surface area contributed by atoms with Crippen molar-refractivity contribution in [1.82, 2.24) is 15.1 Å². The fraction of sp³-hybridized carbons (Fsp3) is 0.158. The van der Waals surface area contributed by atoms with Crippen LogP contribution in [0.3, 0.4) is 0 Å². The zero-order valence-electron chi connectivity index (χ0n) is 13.8. The van der Waals surface area contributed by atoms with Gasteiger partial charge in [0.05, 0.1) is 18.4 Å². The van der Waals surface area contributed by atoms with E-state index in [0.29, 0.717) is 17.9 Å². The molecule has 1 aromatic heterocycles. The van der Waals surface area contributed by atoms with Crippen LogP contribution in [-0.4, -0.2) is 29.3 Å². The van der Waals surface area contributed by atoms with Crippen LogP contribution >= 0.6 is 15.9 Å². The zero-order chi connectivity index (χ0) is 17.6. The first-order chi connectivity index (χ1) is 12.2. The Bertz CT molecular complexity index is 846. The zero-order valence-corrected chi connectivity index (χ0v) is 15.4. The second-order valence-electron chi connectivity index (χ2n) is 5.47. The summed E-state index contributed by atoms with van der Waals surface area (Å²) in [6.07, 6.45) is 4.41. The molecule has 0 radical (unpaired) electrons. The number of methoxy groups -OCH3 is 1. The van der Waals surface area contributed by atoms with Crippen LogP contribution in [-0.2, 0) is 6.42 Å². The Kier molecular flexibility index (Phi) is 5.50. The van der Waals surface area contributed by atoms with Crippen LogP contribution in [0.1, 0.15) is 15.9 Å². The minimum absolute atomic E-state index is 0.126. The highest BCUT2D eigenvalue weighted by Crippen LogP contribution is 2.22. The number of halogens is 1. The van der Waals surface area contributed by atoms with Gasteiger partial charge in [-0.3, -0.25) is 4.79 Å². The van der Waals surface area contributed by atoms with Crippen molar-refractivity contribution in [2.45, 2.75) is 6.42 Å². The van der Waals surface area contributed by atoms with Crippen LogP contribution < -0.4 is 10.1 Å². The molecule has 0 aliphatic carbocycles. The molecule has 1 N–H and O–H groups in total. The van der Waals surface area contributed by atoms with Crippen molar-refractivity contribution < 1.29 is 9.53 Å². The van der Waals surface area contributed by atoms with Gasteiger partial charge in [-0.15, -0.1) is 0 Å². The molecule has 3 aromatic rings. The Morgan fingerprint density at radius 1 is 1.24 bits per heavy atom. The third-order valence-electron chi connectivity index (χ3n) is 3.82. The lowest BCUT2D eigenvalue weighted by molar-refractivity contribution is 0.0953. The molecular weight excluding hydrogens is 382 g/mol. The molecule has 0 saturated heterocycles. The van der Waals surface area contributed by atoms with Gasteiger partial charge in [0.2, 0.25) is 0 Å². The van der Waals surface area contributed by atoms with Gasteiger partial charge in [-0.2, -0.15) is 5.10 Å². The van der Waals surface area contributed by atoms with E-state index in [1.54, 1.807) is 19.4 Å². The van der Waals surface area contributed by atoms with E-state index in [1.165, 1.54) is 0 Å². The molecule has 0 saturated carbocycles. The van der Waals surface area contributed by atoms with Crippen molar-refractivity contribution in [3.05, 3.63) is 76.5 Å². The minimum atomic E-state index is -0.126. The summed E-state index contributed by atoms with van der Waals surface area (Å²) >= 11 is 3.40. The molecule has 3 rings (SSSR count). The van der Waals surface area contributed by atoms with Gasteiger partial charge >= 0.3 is 0 Å². The van der Waals surface area contributed by atoms with Crippen LogP contribution in [0.15, 0.2) is 65.4 Å². The van der Waals surface area contributed by atoms with Crippen molar-refractivity contribution >= 4 is 21.8 Å². The molecule has 0 bridgehead atoms. The topological polar surface area (TPSA) is 56.1 Å². The molecule has 25 heavy (non-hydrogen) atoms. The van der Waals surface area contributed by atoms with Gasteiger partial charge in [-0.1, -0.05) is 12.1 Å². The van der Waals surface area contributed by atoms with Crippen molar-refractivity contribution in [2.24, 2.45) is 0 Å². The Labute approximate surface area is 154 Å². The number of carbonyl (C=O) groups excluding carboxylic acids is 1. The third kappa shape index (κ3) is 4.28. The number of amides is 1. The number of carbonyl (C=O) groups is 1. The maximum atomic E-state index is 12.3. The largest absolute Gasteiger partial charge is 0.497 e. The first-order valence-corrected chi connectivity index (χ1v) is 8.67. The van der Waals surface area contributed by atoms with Gasteiger partial charge in [-0.25, -0.2) is 4.68 Å². The predicted molar refractivity (Wildman–Crippen MR) is 100 cm³/mol. The highest BCUT2D eigenvalue weighted by atomic mass is 79.9. The van der Waals surface area contributed by atoms with E-state index in [2.05, 4.69) is 26.3 Å². The van der Waals surface area contributed by atoms with Crippen molar-refractivity contribution in [3.8, 4) is 11.4 Å². The Morgan fingerprint density at radius 3 is 2.72 bits per heavy atom. The van der Waals surface area contributed by atoms with Gasteiger partial charge in [-0.05, 0) is 64.3 Å². The lowest BCUT2D eigenvalue weighted by atomic mass is 10.1.